The van der Waals surface area contributed by atoms with Gasteiger partial charge in [-0.1, -0.05) is 13.3 Å². The zero-order chi connectivity index (χ0) is 10.7. The minimum atomic E-state index is 0.473. The molecule has 1 N–H and O–H groups in total. The lowest BCUT2D eigenvalue weighted by Crippen LogP contribution is -2.39. The molecule has 2 rings (SSSR count). The van der Waals surface area contributed by atoms with E-state index in [-0.39, 0.29) is 0 Å². The molecule has 15 heavy (non-hydrogen) atoms. The zero-order valence-corrected chi connectivity index (χ0v) is 9.94. The molecule has 0 radical (unpaired) electrons. The average molecular weight is 228 g/mol. The van der Waals surface area contributed by atoms with Crippen LogP contribution in [-0.2, 0) is 6.54 Å². The summed E-state index contributed by atoms with van der Waals surface area (Å²) in [6.07, 6.45) is 5.41. The van der Waals surface area contributed by atoms with Gasteiger partial charge in [-0.15, -0.1) is 0 Å². The van der Waals surface area contributed by atoms with E-state index >= 15 is 0 Å². The van der Waals surface area contributed by atoms with Crippen LogP contribution < -0.4 is 5.32 Å². The van der Waals surface area contributed by atoms with Crippen LogP contribution in [0.3, 0.4) is 0 Å². The maximum absolute atomic E-state index is 5.70. The lowest BCUT2D eigenvalue weighted by Gasteiger charge is -2.41. The molecule has 1 aromatic heterocycles. The Morgan fingerprint density at radius 3 is 2.73 bits per heavy atom. The fourth-order valence-corrected chi connectivity index (χ4v) is 2.39. The van der Waals surface area contributed by atoms with Crippen molar-refractivity contribution in [1.29, 1.82) is 0 Å². The first-order valence-corrected chi connectivity index (χ1v) is 6.07. The molecule has 1 fully saturated rings. The Morgan fingerprint density at radius 1 is 1.47 bits per heavy atom. The molecule has 1 heterocycles. The van der Waals surface area contributed by atoms with E-state index in [1.807, 2.05) is 6.07 Å². The van der Waals surface area contributed by atoms with Gasteiger partial charge in [0, 0.05) is 6.54 Å². The van der Waals surface area contributed by atoms with E-state index in [2.05, 4.69) is 12.2 Å². The van der Waals surface area contributed by atoms with Crippen LogP contribution in [0.2, 0.25) is 5.22 Å². The van der Waals surface area contributed by atoms with Gasteiger partial charge in [-0.05, 0) is 48.4 Å². The Bertz CT molecular complexity index is 312. The maximum Gasteiger partial charge on any atom is 0.193 e. The van der Waals surface area contributed by atoms with Crippen molar-refractivity contribution < 1.29 is 4.42 Å². The van der Waals surface area contributed by atoms with Gasteiger partial charge in [0.15, 0.2) is 5.22 Å². The predicted octanol–water partition coefficient (Wildman–Crippen LogP) is 3.60. The minimum absolute atomic E-state index is 0.473. The lowest BCUT2D eigenvalue weighted by molar-refractivity contribution is 0.123. The highest BCUT2D eigenvalue weighted by Crippen LogP contribution is 2.43. The van der Waals surface area contributed by atoms with Gasteiger partial charge in [0.05, 0.1) is 6.54 Å². The van der Waals surface area contributed by atoms with Crippen LogP contribution in [0.25, 0.3) is 0 Å². The summed E-state index contributed by atoms with van der Waals surface area (Å²) in [7, 11) is 0. The van der Waals surface area contributed by atoms with Crippen LogP contribution in [0.4, 0.5) is 0 Å². The molecular formula is C12H18ClNO. The standard InChI is InChI=1S/C12H18ClNO/c1-2-12(6-3-7-12)9-14-8-10-4-5-11(13)15-10/h4-5,14H,2-3,6-9H2,1H3. The monoisotopic (exact) mass is 227 g/mol. The first kappa shape index (κ1) is 11.0. The van der Waals surface area contributed by atoms with E-state index in [9.17, 15) is 0 Å². The molecule has 3 heteroatoms. The van der Waals surface area contributed by atoms with Crippen molar-refractivity contribution in [3.63, 3.8) is 0 Å². The third kappa shape index (κ3) is 2.56. The van der Waals surface area contributed by atoms with Gasteiger partial charge in [-0.3, -0.25) is 0 Å². The normalized spacial score (nSPS) is 18.8. The second-order valence-corrected chi connectivity index (χ2v) is 4.89. The molecule has 0 bridgehead atoms. The van der Waals surface area contributed by atoms with Crippen molar-refractivity contribution in [1.82, 2.24) is 5.32 Å². The largest absolute Gasteiger partial charge is 0.448 e. The summed E-state index contributed by atoms with van der Waals surface area (Å²) in [5, 5.41) is 3.93. The summed E-state index contributed by atoms with van der Waals surface area (Å²) in [5.41, 5.74) is 0.566. The third-order valence-corrected chi connectivity index (χ3v) is 3.80. The van der Waals surface area contributed by atoms with E-state index in [0.717, 1.165) is 18.8 Å². The molecule has 0 amide bonds. The molecule has 1 aliphatic carbocycles. The number of hydrogen-bond acceptors (Lipinski definition) is 2. The number of halogens is 1. The molecule has 0 unspecified atom stereocenters. The van der Waals surface area contributed by atoms with E-state index in [4.69, 9.17) is 16.0 Å². The van der Waals surface area contributed by atoms with Crippen molar-refractivity contribution >= 4 is 11.6 Å². The Kier molecular flexibility index (Phi) is 3.37. The van der Waals surface area contributed by atoms with Gasteiger partial charge in [-0.25, -0.2) is 0 Å². The van der Waals surface area contributed by atoms with E-state index in [0.29, 0.717) is 10.6 Å². The second-order valence-electron chi connectivity index (χ2n) is 4.52. The van der Waals surface area contributed by atoms with Crippen LogP contribution in [0, 0.1) is 5.41 Å². The molecule has 0 aliphatic heterocycles. The number of rotatable bonds is 5. The molecule has 1 aliphatic rings. The highest BCUT2D eigenvalue weighted by molar-refractivity contribution is 6.28. The Hall–Kier alpha value is -0.470. The molecule has 84 valence electrons. The molecule has 0 saturated heterocycles. The fourth-order valence-electron chi connectivity index (χ4n) is 2.23. The Labute approximate surface area is 96.0 Å². The van der Waals surface area contributed by atoms with Crippen LogP contribution in [-0.4, -0.2) is 6.54 Å². The van der Waals surface area contributed by atoms with Gasteiger partial charge in [0.25, 0.3) is 0 Å². The summed E-state index contributed by atoms with van der Waals surface area (Å²) in [6, 6.07) is 3.71. The third-order valence-electron chi connectivity index (χ3n) is 3.59. The quantitative estimate of drug-likeness (QED) is 0.832. The van der Waals surface area contributed by atoms with Crippen molar-refractivity contribution in [3.05, 3.63) is 23.1 Å². The van der Waals surface area contributed by atoms with Crippen LogP contribution >= 0.6 is 11.6 Å². The molecule has 2 nitrogen and oxygen atoms in total. The highest BCUT2D eigenvalue weighted by Gasteiger charge is 2.34. The summed E-state index contributed by atoms with van der Waals surface area (Å²) in [5.74, 6) is 0.922. The van der Waals surface area contributed by atoms with Crippen molar-refractivity contribution in [2.24, 2.45) is 5.41 Å². The smallest absolute Gasteiger partial charge is 0.193 e. The van der Waals surface area contributed by atoms with Crippen LogP contribution in [0.15, 0.2) is 16.5 Å². The maximum atomic E-state index is 5.70. The number of furan rings is 1. The molecule has 0 atom stereocenters. The van der Waals surface area contributed by atoms with Crippen LogP contribution in [0.1, 0.15) is 38.4 Å². The molecule has 0 spiro atoms. The van der Waals surface area contributed by atoms with Crippen molar-refractivity contribution in [3.8, 4) is 0 Å². The van der Waals surface area contributed by atoms with E-state index in [1.165, 1.54) is 25.7 Å². The summed E-state index contributed by atoms with van der Waals surface area (Å²) in [6.45, 7) is 4.17. The van der Waals surface area contributed by atoms with E-state index in [1.54, 1.807) is 6.07 Å². The van der Waals surface area contributed by atoms with Gasteiger partial charge in [0.1, 0.15) is 5.76 Å². The highest BCUT2D eigenvalue weighted by atomic mass is 35.5. The summed E-state index contributed by atoms with van der Waals surface area (Å²) in [4.78, 5) is 0. The Balaban J connectivity index is 1.74. The minimum Gasteiger partial charge on any atom is -0.448 e. The average Bonchev–Trinajstić information content (AvgIpc) is 2.56. The Morgan fingerprint density at radius 2 is 2.27 bits per heavy atom. The van der Waals surface area contributed by atoms with Crippen molar-refractivity contribution in [2.75, 3.05) is 6.54 Å². The van der Waals surface area contributed by atoms with Gasteiger partial charge >= 0.3 is 0 Å². The molecule has 1 saturated carbocycles. The van der Waals surface area contributed by atoms with Crippen molar-refractivity contribution in [2.45, 2.75) is 39.2 Å². The molecular weight excluding hydrogens is 210 g/mol. The lowest BCUT2D eigenvalue weighted by atomic mass is 9.67. The molecule has 1 aromatic rings. The van der Waals surface area contributed by atoms with Gasteiger partial charge < -0.3 is 9.73 Å². The van der Waals surface area contributed by atoms with Crippen LogP contribution in [0.5, 0.6) is 0 Å². The summed E-state index contributed by atoms with van der Waals surface area (Å²) < 4.78 is 5.29. The number of hydrogen-bond donors (Lipinski definition) is 1. The van der Waals surface area contributed by atoms with Gasteiger partial charge in [-0.2, -0.15) is 0 Å². The van der Waals surface area contributed by atoms with Gasteiger partial charge in [0.2, 0.25) is 0 Å². The fraction of sp³-hybridized carbons (Fsp3) is 0.667. The number of nitrogens with one attached hydrogen (secondary N) is 1. The van der Waals surface area contributed by atoms with E-state index < -0.39 is 0 Å². The first-order valence-electron chi connectivity index (χ1n) is 5.69. The second kappa shape index (κ2) is 4.58. The first-order chi connectivity index (χ1) is 7.24. The molecule has 0 aromatic carbocycles. The predicted molar refractivity (Wildman–Crippen MR) is 62.0 cm³/mol. The zero-order valence-electron chi connectivity index (χ0n) is 9.18. The summed E-state index contributed by atoms with van der Waals surface area (Å²) >= 11 is 5.70. The topological polar surface area (TPSA) is 25.2 Å². The SMILES string of the molecule is CCC1(CNCc2ccc(Cl)o2)CCC1.